The van der Waals surface area contributed by atoms with Crippen LogP contribution < -0.4 is 15.5 Å². The monoisotopic (exact) mass is 339 g/mol. The molecule has 1 aliphatic heterocycles. The average Bonchev–Trinajstić information content (AvgIpc) is 2.66. The van der Waals surface area contributed by atoms with E-state index in [-0.39, 0.29) is 6.03 Å². The van der Waals surface area contributed by atoms with Gasteiger partial charge in [-0.3, -0.25) is 4.98 Å². The predicted molar refractivity (Wildman–Crippen MR) is 99.5 cm³/mol. The number of amides is 2. The Morgan fingerprint density at radius 1 is 1.00 bits per heavy atom. The zero-order chi connectivity index (χ0) is 17.5. The molecule has 1 fully saturated rings. The van der Waals surface area contributed by atoms with Crippen LogP contribution in [0.2, 0.25) is 0 Å². The topological polar surface area (TPSA) is 60.5 Å². The first-order valence-corrected chi connectivity index (χ1v) is 8.64. The first-order valence-electron chi connectivity index (χ1n) is 8.64. The molecular formula is C19H25N5O. The largest absolute Gasteiger partial charge is 0.369 e. The predicted octanol–water partition coefficient (Wildman–Crippen LogP) is 1.83. The number of carbonyl (C=O) groups is 1. The Labute approximate surface area is 148 Å². The molecule has 0 bridgehead atoms. The normalized spacial score (nSPS) is 15.0. The van der Waals surface area contributed by atoms with E-state index in [4.69, 9.17) is 0 Å². The van der Waals surface area contributed by atoms with Crippen LogP contribution in [0.15, 0.2) is 48.8 Å². The fraction of sp³-hybridized carbons (Fsp3) is 0.368. The number of hydrogen-bond donors (Lipinski definition) is 2. The molecule has 1 aromatic heterocycles. The summed E-state index contributed by atoms with van der Waals surface area (Å²) in [4.78, 5) is 20.8. The standard InChI is InChI=1S/C19H25N5O/c1-23-10-12-24(13-11-23)18-5-3-2-4-17(18)15-22-19(25)21-14-16-6-8-20-9-7-16/h2-9H,10-15H2,1H3,(H2,21,22,25). The highest BCUT2D eigenvalue weighted by Gasteiger charge is 2.16. The van der Waals surface area contributed by atoms with E-state index >= 15 is 0 Å². The maximum Gasteiger partial charge on any atom is 0.315 e. The lowest BCUT2D eigenvalue weighted by atomic mass is 10.1. The van der Waals surface area contributed by atoms with Crippen molar-refractivity contribution in [1.82, 2.24) is 20.5 Å². The minimum absolute atomic E-state index is 0.162. The second-order valence-electron chi connectivity index (χ2n) is 6.31. The molecule has 1 aliphatic rings. The number of nitrogens with one attached hydrogen (secondary N) is 2. The third kappa shape index (κ3) is 4.93. The summed E-state index contributed by atoms with van der Waals surface area (Å²) in [6.45, 7) is 5.17. The van der Waals surface area contributed by atoms with E-state index in [0.717, 1.165) is 37.3 Å². The first kappa shape index (κ1) is 17.2. The summed E-state index contributed by atoms with van der Waals surface area (Å²) in [5.74, 6) is 0. The number of rotatable bonds is 5. The number of likely N-dealkylation sites (N-methyl/N-ethyl adjacent to an activating group) is 1. The van der Waals surface area contributed by atoms with Crippen molar-refractivity contribution in [3.05, 3.63) is 59.9 Å². The Hall–Kier alpha value is -2.60. The molecule has 0 aliphatic carbocycles. The second-order valence-corrected chi connectivity index (χ2v) is 6.31. The highest BCUT2D eigenvalue weighted by atomic mass is 16.2. The van der Waals surface area contributed by atoms with Gasteiger partial charge >= 0.3 is 6.03 Å². The third-order valence-corrected chi connectivity index (χ3v) is 4.48. The van der Waals surface area contributed by atoms with E-state index in [9.17, 15) is 4.79 Å². The van der Waals surface area contributed by atoms with Crippen LogP contribution in [0.1, 0.15) is 11.1 Å². The molecule has 132 valence electrons. The fourth-order valence-corrected chi connectivity index (χ4v) is 2.94. The number of nitrogens with zero attached hydrogens (tertiary/aromatic N) is 3. The van der Waals surface area contributed by atoms with Gasteiger partial charge in [0.05, 0.1) is 0 Å². The number of aromatic nitrogens is 1. The van der Waals surface area contributed by atoms with Crippen LogP contribution in [0.4, 0.5) is 10.5 Å². The number of hydrogen-bond acceptors (Lipinski definition) is 4. The van der Waals surface area contributed by atoms with Crippen LogP contribution in [0, 0.1) is 0 Å². The van der Waals surface area contributed by atoms with Crippen molar-refractivity contribution < 1.29 is 4.79 Å². The summed E-state index contributed by atoms with van der Waals surface area (Å²) < 4.78 is 0. The Kier molecular flexibility index (Phi) is 5.85. The van der Waals surface area contributed by atoms with Crippen molar-refractivity contribution in [3.8, 4) is 0 Å². The van der Waals surface area contributed by atoms with Crippen LogP contribution in [-0.2, 0) is 13.1 Å². The molecule has 0 unspecified atom stereocenters. The van der Waals surface area contributed by atoms with Crippen molar-refractivity contribution >= 4 is 11.7 Å². The minimum Gasteiger partial charge on any atom is -0.369 e. The maximum atomic E-state index is 12.1. The van der Waals surface area contributed by atoms with Gasteiger partial charge in [0.15, 0.2) is 0 Å². The number of piperazine rings is 1. The van der Waals surface area contributed by atoms with E-state index < -0.39 is 0 Å². The summed E-state index contributed by atoms with van der Waals surface area (Å²) in [5.41, 5.74) is 3.39. The molecule has 0 atom stereocenters. The van der Waals surface area contributed by atoms with Crippen molar-refractivity contribution in [1.29, 1.82) is 0 Å². The van der Waals surface area contributed by atoms with Crippen molar-refractivity contribution in [2.24, 2.45) is 0 Å². The maximum absolute atomic E-state index is 12.1. The molecule has 0 saturated carbocycles. The Bertz CT molecular complexity index is 683. The molecule has 2 heterocycles. The molecule has 2 aromatic rings. The Morgan fingerprint density at radius 2 is 1.68 bits per heavy atom. The molecule has 6 heteroatoms. The molecule has 2 N–H and O–H groups in total. The van der Waals surface area contributed by atoms with Crippen LogP contribution in [0.3, 0.4) is 0 Å². The van der Waals surface area contributed by atoms with Crippen molar-refractivity contribution in [2.75, 3.05) is 38.1 Å². The third-order valence-electron chi connectivity index (χ3n) is 4.48. The number of urea groups is 1. The molecule has 6 nitrogen and oxygen atoms in total. The van der Waals surface area contributed by atoms with E-state index in [1.165, 1.54) is 5.69 Å². The van der Waals surface area contributed by atoms with Crippen molar-refractivity contribution in [3.63, 3.8) is 0 Å². The Balaban J connectivity index is 1.53. The molecule has 3 rings (SSSR count). The minimum atomic E-state index is -0.162. The van der Waals surface area contributed by atoms with Gasteiger partial charge in [-0.15, -0.1) is 0 Å². The van der Waals surface area contributed by atoms with Gasteiger partial charge in [-0.05, 0) is 36.4 Å². The highest BCUT2D eigenvalue weighted by Crippen LogP contribution is 2.21. The van der Waals surface area contributed by atoms with Gasteiger partial charge in [0, 0.05) is 57.3 Å². The summed E-state index contributed by atoms with van der Waals surface area (Å²) in [5, 5.41) is 5.83. The van der Waals surface area contributed by atoms with E-state index in [1.807, 2.05) is 18.2 Å². The number of para-hydroxylation sites is 1. The van der Waals surface area contributed by atoms with Crippen LogP contribution in [-0.4, -0.2) is 49.1 Å². The SMILES string of the molecule is CN1CCN(c2ccccc2CNC(=O)NCc2ccncc2)CC1. The highest BCUT2D eigenvalue weighted by molar-refractivity contribution is 5.74. The fourth-order valence-electron chi connectivity index (χ4n) is 2.94. The van der Waals surface area contributed by atoms with Gasteiger partial charge in [0.1, 0.15) is 0 Å². The van der Waals surface area contributed by atoms with E-state index in [1.54, 1.807) is 12.4 Å². The molecular weight excluding hydrogens is 314 g/mol. The lowest BCUT2D eigenvalue weighted by Crippen LogP contribution is -2.45. The smallest absolute Gasteiger partial charge is 0.315 e. The number of pyridine rings is 1. The van der Waals surface area contributed by atoms with Gasteiger partial charge in [0.2, 0.25) is 0 Å². The lowest BCUT2D eigenvalue weighted by molar-refractivity contribution is 0.240. The zero-order valence-electron chi connectivity index (χ0n) is 14.6. The van der Waals surface area contributed by atoms with Gasteiger partial charge in [-0.1, -0.05) is 18.2 Å². The number of carbonyl (C=O) groups excluding carboxylic acids is 1. The van der Waals surface area contributed by atoms with Crippen LogP contribution in [0.5, 0.6) is 0 Å². The first-order chi connectivity index (χ1) is 12.2. The quantitative estimate of drug-likeness (QED) is 0.873. The molecule has 1 aromatic carbocycles. The second kappa shape index (κ2) is 8.48. The van der Waals surface area contributed by atoms with Gasteiger partial charge < -0.3 is 20.4 Å². The van der Waals surface area contributed by atoms with Crippen LogP contribution >= 0.6 is 0 Å². The average molecular weight is 339 g/mol. The van der Waals surface area contributed by atoms with E-state index in [2.05, 4.69) is 50.7 Å². The van der Waals surface area contributed by atoms with Gasteiger partial charge in [-0.25, -0.2) is 4.79 Å². The van der Waals surface area contributed by atoms with Crippen LogP contribution in [0.25, 0.3) is 0 Å². The van der Waals surface area contributed by atoms with E-state index in [0.29, 0.717) is 13.1 Å². The number of anilines is 1. The molecule has 2 amide bonds. The summed E-state index contributed by atoms with van der Waals surface area (Å²) in [6.07, 6.45) is 3.45. The molecule has 1 saturated heterocycles. The molecule has 0 radical (unpaired) electrons. The summed E-state index contributed by atoms with van der Waals surface area (Å²) in [7, 11) is 2.15. The lowest BCUT2D eigenvalue weighted by Gasteiger charge is -2.35. The molecule has 25 heavy (non-hydrogen) atoms. The Morgan fingerprint density at radius 3 is 2.44 bits per heavy atom. The van der Waals surface area contributed by atoms with Gasteiger partial charge in [0.25, 0.3) is 0 Å². The number of benzene rings is 1. The zero-order valence-corrected chi connectivity index (χ0v) is 14.6. The van der Waals surface area contributed by atoms with Crippen molar-refractivity contribution in [2.45, 2.75) is 13.1 Å². The summed E-state index contributed by atoms with van der Waals surface area (Å²) in [6, 6.07) is 11.9. The van der Waals surface area contributed by atoms with Gasteiger partial charge in [-0.2, -0.15) is 0 Å². The summed E-state index contributed by atoms with van der Waals surface area (Å²) >= 11 is 0. The molecule has 0 spiro atoms.